The molecule has 0 amide bonds. The predicted molar refractivity (Wildman–Crippen MR) is 102 cm³/mol. The number of benzene rings is 1. The Hall–Kier alpha value is -2.63. The van der Waals surface area contributed by atoms with E-state index in [9.17, 15) is 0 Å². The Balaban J connectivity index is 1.51. The molecule has 0 radical (unpaired) electrons. The predicted octanol–water partition coefficient (Wildman–Crippen LogP) is 1.98. The highest BCUT2D eigenvalue weighted by Crippen LogP contribution is 2.14. The van der Waals surface area contributed by atoms with E-state index in [0.717, 1.165) is 44.6 Å². The molecule has 2 aromatic rings. The number of rotatable bonds is 4. The van der Waals surface area contributed by atoms with Gasteiger partial charge in [0.05, 0.1) is 0 Å². The molecule has 1 aromatic heterocycles. The van der Waals surface area contributed by atoms with Gasteiger partial charge in [0.25, 0.3) is 0 Å². The van der Waals surface area contributed by atoms with Crippen LogP contribution < -0.4 is 10.2 Å². The van der Waals surface area contributed by atoms with Crippen LogP contribution in [0.1, 0.15) is 18.4 Å². The third-order valence-electron chi connectivity index (χ3n) is 4.56. The normalized spacial score (nSPS) is 16.6. The summed E-state index contributed by atoms with van der Waals surface area (Å²) in [5.41, 5.74) is 1.34. The number of piperazine rings is 1. The maximum Gasteiger partial charge on any atom is 0.225 e. The fraction of sp³-hybridized carbons (Fsp3) is 0.421. The van der Waals surface area contributed by atoms with Gasteiger partial charge in [-0.05, 0) is 17.5 Å². The second-order valence-corrected chi connectivity index (χ2v) is 6.26. The van der Waals surface area contributed by atoms with Crippen LogP contribution in [0, 0.1) is 0 Å². The van der Waals surface area contributed by atoms with Gasteiger partial charge >= 0.3 is 0 Å². The van der Waals surface area contributed by atoms with Gasteiger partial charge in [0.1, 0.15) is 0 Å². The first-order chi connectivity index (χ1) is 12.3. The van der Waals surface area contributed by atoms with E-state index >= 15 is 0 Å². The fourth-order valence-corrected chi connectivity index (χ4v) is 3.05. The Kier molecular flexibility index (Phi) is 5.82. The molecule has 0 aliphatic carbocycles. The summed E-state index contributed by atoms with van der Waals surface area (Å²) in [6.45, 7) is 6.74. The Morgan fingerprint density at radius 2 is 1.76 bits per heavy atom. The van der Waals surface area contributed by atoms with Crippen LogP contribution in [0.4, 0.5) is 5.95 Å². The third-order valence-corrected chi connectivity index (χ3v) is 4.56. The summed E-state index contributed by atoms with van der Waals surface area (Å²) in [6.07, 6.45) is 3.58. The monoisotopic (exact) mass is 338 g/mol. The Morgan fingerprint density at radius 1 is 1.08 bits per heavy atom. The molecular formula is C19H26N6. The molecule has 2 heterocycles. The zero-order valence-corrected chi connectivity index (χ0v) is 15.0. The van der Waals surface area contributed by atoms with E-state index in [2.05, 4.69) is 67.3 Å². The molecule has 1 atom stereocenters. The lowest BCUT2D eigenvalue weighted by atomic mass is 10.0. The standard InChI is InChI=1S/C19H26N6/c1-16(17-7-4-3-5-8-17)15-23-18(20-2)24-11-13-25(14-12-24)19-21-9-6-10-22-19/h3-10,16H,11-15H2,1-2H3,(H,20,23). The number of guanidine groups is 1. The van der Waals surface area contributed by atoms with Crippen LogP contribution in [0.25, 0.3) is 0 Å². The van der Waals surface area contributed by atoms with E-state index in [1.807, 2.05) is 13.1 Å². The highest BCUT2D eigenvalue weighted by atomic mass is 15.4. The van der Waals surface area contributed by atoms with Gasteiger partial charge in [0, 0.05) is 52.2 Å². The van der Waals surface area contributed by atoms with Crippen LogP contribution in [0.2, 0.25) is 0 Å². The van der Waals surface area contributed by atoms with E-state index in [-0.39, 0.29) is 0 Å². The van der Waals surface area contributed by atoms with Crippen LogP contribution in [0.3, 0.4) is 0 Å². The SMILES string of the molecule is CN=C(NCC(C)c1ccccc1)N1CCN(c2ncccn2)CC1. The average Bonchev–Trinajstić information content (AvgIpc) is 2.70. The third kappa shape index (κ3) is 4.47. The van der Waals surface area contributed by atoms with Gasteiger partial charge in [-0.15, -0.1) is 0 Å². The van der Waals surface area contributed by atoms with Crippen molar-refractivity contribution in [3.05, 3.63) is 54.4 Å². The van der Waals surface area contributed by atoms with Crippen LogP contribution in [-0.4, -0.2) is 60.6 Å². The van der Waals surface area contributed by atoms with Crippen LogP contribution in [0.15, 0.2) is 53.8 Å². The molecule has 0 saturated carbocycles. The molecule has 1 aliphatic rings. The minimum Gasteiger partial charge on any atom is -0.356 e. The van der Waals surface area contributed by atoms with Gasteiger partial charge in [-0.25, -0.2) is 9.97 Å². The summed E-state index contributed by atoms with van der Waals surface area (Å²) in [4.78, 5) is 17.7. The molecule has 25 heavy (non-hydrogen) atoms. The summed E-state index contributed by atoms with van der Waals surface area (Å²) in [6, 6.07) is 12.4. The smallest absolute Gasteiger partial charge is 0.225 e. The number of aliphatic imine (C=N–C) groups is 1. The maximum atomic E-state index is 4.46. The Bertz CT molecular complexity index is 665. The van der Waals surface area contributed by atoms with E-state index in [0.29, 0.717) is 5.92 Å². The number of nitrogens with one attached hydrogen (secondary N) is 1. The van der Waals surface area contributed by atoms with Crippen molar-refractivity contribution in [2.75, 3.05) is 44.7 Å². The zero-order valence-electron chi connectivity index (χ0n) is 15.0. The summed E-state index contributed by atoms with van der Waals surface area (Å²) in [5.74, 6) is 2.22. The van der Waals surface area contributed by atoms with Crippen LogP contribution in [-0.2, 0) is 0 Å². The molecule has 1 N–H and O–H groups in total. The summed E-state index contributed by atoms with van der Waals surface area (Å²) in [7, 11) is 1.85. The van der Waals surface area contributed by atoms with Crippen molar-refractivity contribution in [1.29, 1.82) is 0 Å². The largest absolute Gasteiger partial charge is 0.356 e. The van der Waals surface area contributed by atoms with Crippen molar-refractivity contribution in [3.63, 3.8) is 0 Å². The number of anilines is 1. The van der Waals surface area contributed by atoms with Gasteiger partial charge in [-0.3, -0.25) is 4.99 Å². The summed E-state index contributed by atoms with van der Waals surface area (Å²) >= 11 is 0. The molecule has 1 saturated heterocycles. The first kappa shape index (κ1) is 17.2. The van der Waals surface area contributed by atoms with E-state index in [1.165, 1.54) is 5.56 Å². The van der Waals surface area contributed by atoms with Crippen molar-refractivity contribution in [2.45, 2.75) is 12.8 Å². The summed E-state index contributed by atoms with van der Waals surface area (Å²) in [5, 5.41) is 3.52. The van der Waals surface area contributed by atoms with Gasteiger partial charge in [-0.1, -0.05) is 37.3 Å². The van der Waals surface area contributed by atoms with Crippen molar-refractivity contribution in [1.82, 2.24) is 20.2 Å². The minimum absolute atomic E-state index is 0.442. The number of aromatic nitrogens is 2. The molecule has 1 fully saturated rings. The number of nitrogens with zero attached hydrogens (tertiary/aromatic N) is 5. The molecule has 1 aliphatic heterocycles. The second kappa shape index (κ2) is 8.46. The first-order valence-electron chi connectivity index (χ1n) is 8.80. The van der Waals surface area contributed by atoms with Crippen molar-refractivity contribution in [2.24, 2.45) is 4.99 Å². The molecule has 3 rings (SSSR count). The van der Waals surface area contributed by atoms with E-state index < -0.39 is 0 Å². The number of hydrogen-bond acceptors (Lipinski definition) is 4. The highest BCUT2D eigenvalue weighted by Gasteiger charge is 2.21. The lowest BCUT2D eigenvalue weighted by Gasteiger charge is -2.36. The molecule has 1 unspecified atom stereocenters. The van der Waals surface area contributed by atoms with Crippen molar-refractivity contribution >= 4 is 11.9 Å². The lowest BCUT2D eigenvalue weighted by Crippen LogP contribution is -2.53. The molecule has 0 spiro atoms. The van der Waals surface area contributed by atoms with Gasteiger partial charge < -0.3 is 15.1 Å². The lowest BCUT2D eigenvalue weighted by molar-refractivity contribution is 0.369. The van der Waals surface area contributed by atoms with Crippen molar-refractivity contribution in [3.8, 4) is 0 Å². The van der Waals surface area contributed by atoms with Gasteiger partial charge in [0.2, 0.25) is 5.95 Å². The fourth-order valence-electron chi connectivity index (χ4n) is 3.05. The van der Waals surface area contributed by atoms with E-state index in [1.54, 1.807) is 12.4 Å². The van der Waals surface area contributed by atoms with Gasteiger partial charge in [0.15, 0.2) is 5.96 Å². The first-order valence-corrected chi connectivity index (χ1v) is 8.80. The Morgan fingerprint density at radius 3 is 2.40 bits per heavy atom. The summed E-state index contributed by atoms with van der Waals surface area (Å²) < 4.78 is 0. The minimum atomic E-state index is 0.442. The topological polar surface area (TPSA) is 56.7 Å². The highest BCUT2D eigenvalue weighted by molar-refractivity contribution is 5.80. The zero-order chi connectivity index (χ0) is 17.5. The Labute approximate surface area is 149 Å². The quantitative estimate of drug-likeness (QED) is 0.682. The second-order valence-electron chi connectivity index (χ2n) is 6.26. The number of hydrogen-bond donors (Lipinski definition) is 1. The van der Waals surface area contributed by atoms with Crippen molar-refractivity contribution < 1.29 is 0 Å². The molecule has 6 nitrogen and oxygen atoms in total. The molecule has 1 aromatic carbocycles. The van der Waals surface area contributed by atoms with Crippen LogP contribution in [0.5, 0.6) is 0 Å². The maximum absolute atomic E-state index is 4.46. The molecule has 132 valence electrons. The van der Waals surface area contributed by atoms with E-state index in [4.69, 9.17) is 0 Å². The average molecular weight is 338 g/mol. The van der Waals surface area contributed by atoms with Crippen LogP contribution >= 0.6 is 0 Å². The molecule has 0 bridgehead atoms. The molecular weight excluding hydrogens is 312 g/mol. The molecule has 6 heteroatoms. The van der Waals surface area contributed by atoms with Gasteiger partial charge in [-0.2, -0.15) is 0 Å².